The highest BCUT2D eigenvalue weighted by Gasteiger charge is 2.59. The average Bonchev–Trinajstić information content (AvgIpc) is 3.15. The van der Waals surface area contributed by atoms with E-state index in [0.717, 1.165) is 67.9 Å². The first-order valence-corrected chi connectivity index (χ1v) is 13.9. The van der Waals surface area contributed by atoms with Gasteiger partial charge in [-0.25, -0.2) is 0 Å². The van der Waals surface area contributed by atoms with Crippen molar-refractivity contribution in [3.05, 3.63) is 53.1 Å². The van der Waals surface area contributed by atoms with Gasteiger partial charge in [-0.2, -0.15) is 18.4 Å². The summed E-state index contributed by atoms with van der Waals surface area (Å²) >= 11 is 5.75. The molecule has 2 heterocycles. The van der Waals surface area contributed by atoms with Gasteiger partial charge in [-0.15, -0.1) is 12.4 Å². The van der Waals surface area contributed by atoms with E-state index in [-0.39, 0.29) is 29.1 Å². The fourth-order valence-corrected chi connectivity index (χ4v) is 6.31. The van der Waals surface area contributed by atoms with Crippen molar-refractivity contribution in [2.45, 2.75) is 63.6 Å². The zero-order valence-corrected chi connectivity index (χ0v) is 23.9. The number of carbonyl (C=O) groups is 1. The molecule has 3 aliphatic rings. The standard InChI is InChI=1S/C29H31F3N4O2S.ClH/c1-2-20-16-23(6-7-25(20)38-15-10-19-8-13-34-14-9-19)36-27(39)35(26(37)28(36)11-3-12-28)22-5-4-21(18-33)24(17-22)29(30,31)32;/h4-7,16-17,19,34H,2-3,8-15H2,1H3;1H. The fraction of sp³-hybridized carbons (Fsp3) is 0.483. The maximum Gasteiger partial charge on any atom is 0.417 e. The number of nitrogens with zero attached hydrogens (tertiary/aromatic N) is 3. The number of aryl methyl sites for hydroxylation is 1. The van der Waals surface area contributed by atoms with Crippen molar-refractivity contribution in [1.29, 1.82) is 5.26 Å². The van der Waals surface area contributed by atoms with E-state index in [0.29, 0.717) is 31.8 Å². The molecule has 0 unspecified atom stereocenters. The van der Waals surface area contributed by atoms with Crippen LogP contribution in [0.25, 0.3) is 0 Å². The zero-order chi connectivity index (χ0) is 27.8. The van der Waals surface area contributed by atoms with Crippen LogP contribution >= 0.6 is 24.6 Å². The van der Waals surface area contributed by atoms with Crippen LogP contribution in [0.5, 0.6) is 5.75 Å². The van der Waals surface area contributed by atoms with Gasteiger partial charge in [0, 0.05) is 5.69 Å². The van der Waals surface area contributed by atoms with Crippen LogP contribution in [0.15, 0.2) is 36.4 Å². The van der Waals surface area contributed by atoms with Gasteiger partial charge in [0.15, 0.2) is 5.11 Å². The molecule has 2 aliphatic heterocycles. The Morgan fingerprint density at radius 2 is 1.85 bits per heavy atom. The molecule has 1 amide bonds. The van der Waals surface area contributed by atoms with Crippen molar-refractivity contribution in [3.63, 3.8) is 0 Å². The first-order chi connectivity index (χ1) is 18.7. The number of benzene rings is 2. The van der Waals surface area contributed by atoms with Gasteiger partial charge in [-0.05, 0) is 118 Å². The van der Waals surface area contributed by atoms with Crippen LogP contribution in [0.2, 0.25) is 0 Å². The quantitative estimate of drug-likeness (QED) is 0.376. The Hall–Kier alpha value is -2.87. The number of halogens is 4. The van der Waals surface area contributed by atoms with Crippen molar-refractivity contribution >= 4 is 47.0 Å². The molecule has 6 nitrogen and oxygen atoms in total. The molecule has 3 fully saturated rings. The molecule has 5 rings (SSSR count). The lowest BCUT2D eigenvalue weighted by atomic mass is 9.75. The van der Waals surface area contributed by atoms with Gasteiger partial charge in [-0.1, -0.05) is 6.92 Å². The summed E-state index contributed by atoms with van der Waals surface area (Å²) in [7, 11) is 0. The Labute approximate surface area is 243 Å². The van der Waals surface area contributed by atoms with E-state index in [1.54, 1.807) is 11.0 Å². The van der Waals surface area contributed by atoms with Gasteiger partial charge < -0.3 is 15.0 Å². The van der Waals surface area contributed by atoms with E-state index < -0.39 is 22.8 Å². The number of alkyl halides is 3. The second-order valence-corrected chi connectivity index (χ2v) is 10.8. The normalized spacial score (nSPS) is 18.9. The van der Waals surface area contributed by atoms with Crippen LogP contribution in [-0.4, -0.2) is 36.3 Å². The monoisotopic (exact) mass is 592 g/mol. The average molecular weight is 593 g/mol. The number of ether oxygens (including phenoxy) is 1. The van der Waals surface area contributed by atoms with E-state index in [9.17, 15) is 23.2 Å². The molecule has 2 aromatic rings. The van der Waals surface area contributed by atoms with Crippen LogP contribution in [-0.2, 0) is 17.4 Å². The Bertz CT molecular complexity index is 1320. The second-order valence-electron chi connectivity index (χ2n) is 10.5. The fourth-order valence-electron chi connectivity index (χ4n) is 5.84. The van der Waals surface area contributed by atoms with E-state index in [1.807, 2.05) is 25.1 Å². The lowest BCUT2D eigenvalue weighted by Gasteiger charge is -2.43. The molecule has 0 bridgehead atoms. The van der Waals surface area contributed by atoms with Crippen molar-refractivity contribution < 1.29 is 22.7 Å². The highest BCUT2D eigenvalue weighted by Crippen LogP contribution is 2.49. The molecule has 1 spiro atoms. The van der Waals surface area contributed by atoms with Crippen LogP contribution in [0, 0.1) is 17.2 Å². The summed E-state index contributed by atoms with van der Waals surface area (Å²) in [6.45, 7) is 4.77. The predicted molar refractivity (Wildman–Crippen MR) is 154 cm³/mol. The molecule has 1 saturated carbocycles. The summed E-state index contributed by atoms with van der Waals surface area (Å²) in [6.07, 6.45) is 1.22. The Balaban J connectivity index is 0.00000370. The maximum absolute atomic E-state index is 13.8. The molecule has 0 aromatic heterocycles. The number of nitriles is 1. The van der Waals surface area contributed by atoms with E-state index in [4.69, 9.17) is 17.0 Å². The number of nitrogens with one attached hydrogen (secondary N) is 1. The van der Waals surface area contributed by atoms with Crippen molar-refractivity contribution in [3.8, 4) is 11.8 Å². The van der Waals surface area contributed by atoms with Gasteiger partial charge in [0.2, 0.25) is 0 Å². The number of hydrogen-bond donors (Lipinski definition) is 1. The predicted octanol–water partition coefficient (Wildman–Crippen LogP) is 6.39. The van der Waals surface area contributed by atoms with Gasteiger partial charge >= 0.3 is 6.18 Å². The molecule has 214 valence electrons. The number of piperidine rings is 1. The van der Waals surface area contributed by atoms with Crippen molar-refractivity contribution in [1.82, 2.24) is 5.32 Å². The van der Waals surface area contributed by atoms with Crippen LogP contribution in [0.3, 0.4) is 0 Å². The molecule has 2 aromatic carbocycles. The molecule has 0 atom stereocenters. The molecular formula is C29H32ClF3N4O2S. The van der Waals surface area contributed by atoms with Gasteiger partial charge in [0.25, 0.3) is 5.91 Å². The van der Waals surface area contributed by atoms with Gasteiger partial charge in [0.1, 0.15) is 11.3 Å². The third kappa shape index (κ3) is 5.39. The summed E-state index contributed by atoms with van der Waals surface area (Å²) < 4.78 is 47.2. The minimum atomic E-state index is -4.74. The maximum atomic E-state index is 13.8. The summed E-state index contributed by atoms with van der Waals surface area (Å²) in [4.78, 5) is 16.8. The molecule has 11 heteroatoms. The smallest absolute Gasteiger partial charge is 0.417 e. The minimum Gasteiger partial charge on any atom is -0.493 e. The first-order valence-electron chi connectivity index (χ1n) is 13.5. The zero-order valence-electron chi connectivity index (χ0n) is 22.2. The summed E-state index contributed by atoms with van der Waals surface area (Å²) in [5, 5.41) is 12.7. The number of thiocarbonyl (C=S) groups is 1. The molecular weight excluding hydrogens is 561 g/mol. The highest BCUT2D eigenvalue weighted by atomic mass is 35.5. The molecule has 1 aliphatic carbocycles. The van der Waals surface area contributed by atoms with Crippen LogP contribution in [0.4, 0.5) is 24.5 Å². The number of rotatable bonds is 7. The largest absolute Gasteiger partial charge is 0.493 e. The molecule has 40 heavy (non-hydrogen) atoms. The van der Waals surface area contributed by atoms with Crippen LogP contribution in [0.1, 0.15) is 62.1 Å². The van der Waals surface area contributed by atoms with Gasteiger partial charge in [0.05, 0.1) is 29.5 Å². The third-order valence-corrected chi connectivity index (χ3v) is 8.57. The van der Waals surface area contributed by atoms with Gasteiger partial charge in [-0.3, -0.25) is 9.69 Å². The number of hydrogen-bond acceptors (Lipinski definition) is 5. The summed E-state index contributed by atoms with van der Waals surface area (Å²) in [6, 6.07) is 10.6. The van der Waals surface area contributed by atoms with E-state index in [1.165, 1.54) is 11.0 Å². The lowest BCUT2D eigenvalue weighted by Crippen LogP contribution is -2.55. The summed E-state index contributed by atoms with van der Waals surface area (Å²) in [5.74, 6) is 1.12. The number of carbonyl (C=O) groups excluding carboxylic acids is 1. The van der Waals surface area contributed by atoms with E-state index in [2.05, 4.69) is 5.32 Å². The van der Waals surface area contributed by atoms with E-state index >= 15 is 0 Å². The SMILES string of the molecule is CCc1cc(N2C(=S)N(c3ccc(C#N)c(C(F)(F)F)c3)C(=O)C23CCC3)ccc1OCCC1CCNCC1.Cl. The van der Waals surface area contributed by atoms with Crippen LogP contribution < -0.4 is 19.9 Å². The number of anilines is 2. The minimum absolute atomic E-state index is 0. The first kappa shape index (κ1) is 30.1. The van der Waals surface area contributed by atoms with Crippen molar-refractivity contribution in [2.75, 3.05) is 29.5 Å². The molecule has 0 radical (unpaired) electrons. The highest BCUT2D eigenvalue weighted by molar-refractivity contribution is 7.81. The third-order valence-electron chi connectivity index (χ3n) is 8.21. The summed E-state index contributed by atoms with van der Waals surface area (Å²) in [5.41, 5.74) is -0.785. The van der Waals surface area contributed by atoms with Crippen molar-refractivity contribution in [2.24, 2.45) is 5.92 Å². The second kappa shape index (κ2) is 11.9. The Morgan fingerprint density at radius 3 is 2.45 bits per heavy atom. The number of amides is 1. The Morgan fingerprint density at radius 1 is 1.15 bits per heavy atom. The lowest BCUT2D eigenvalue weighted by molar-refractivity contribution is -0.137. The molecule has 1 N–H and O–H groups in total. The topological polar surface area (TPSA) is 68.6 Å². The Kier molecular flexibility index (Phi) is 8.98. The molecule has 2 saturated heterocycles.